The van der Waals surface area contributed by atoms with Crippen molar-refractivity contribution in [3.05, 3.63) is 47.2 Å². The molecule has 0 bridgehead atoms. The average molecular weight is 270 g/mol. The minimum atomic E-state index is -0.260. The standard InChI is InChI=1S/C14H12N2O2.C2H6/c1-9-5-4-8-12(15-9)16-13(17)10-6-2-3-7-11(10)14(16)18;1-2/h2,4-6,8H,3,7H2,1H3;1-2H3. The average Bonchev–Trinajstić information content (AvgIpc) is 2.74. The number of rotatable bonds is 1. The Labute approximate surface area is 118 Å². The maximum absolute atomic E-state index is 12.2. The number of carbonyl (C=O) groups is 2. The largest absolute Gasteiger partial charge is 0.268 e. The summed E-state index contributed by atoms with van der Waals surface area (Å²) in [4.78, 5) is 29.9. The number of allylic oxidation sites excluding steroid dienone is 1. The van der Waals surface area contributed by atoms with Crippen LogP contribution in [0.5, 0.6) is 0 Å². The van der Waals surface area contributed by atoms with Crippen LogP contribution in [0.25, 0.3) is 0 Å². The molecule has 0 saturated carbocycles. The molecule has 1 aliphatic heterocycles. The van der Waals surface area contributed by atoms with Crippen LogP contribution in [-0.2, 0) is 9.59 Å². The molecule has 104 valence electrons. The summed E-state index contributed by atoms with van der Waals surface area (Å²) in [6, 6.07) is 5.32. The van der Waals surface area contributed by atoms with E-state index in [1.165, 1.54) is 4.90 Å². The third-order valence-corrected chi connectivity index (χ3v) is 3.17. The molecule has 1 aromatic rings. The zero-order chi connectivity index (χ0) is 14.7. The van der Waals surface area contributed by atoms with E-state index in [2.05, 4.69) is 4.98 Å². The summed E-state index contributed by atoms with van der Waals surface area (Å²) >= 11 is 0. The fourth-order valence-electron chi connectivity index (χ4n) is 2.30. The molecule has 0 fully saturated rings. The van der Waals surface area contributed by atoms with Gasteiger partial charge in [0.25, 0.3) is 11.8 Å². The first-order chi connectivity index (χ1) is 9.68. The molecule has 0 unspecified atom stereocenters. The van der Waals surface area contributed by atoms with E-state index in [4.69, 9.17) is 0 Å². The quantitative estimate of drug-likeness (QED) is 0.737. The Morgan fingerprint density at radius 3 is 2.55 bits per heavy atom. The van der Waals surface area contributed by atoms with Gasteiger partial charge in [0.15, 0.2) is 0 Å². The van der Waals surface area contributed by atoms with Crippen molar-refractivity contribution in [2.24, 2.45) is 0 Å². The lowest BCUT2D eigenvalue weighted by atomic mass is 10.00. The first kappa shape index (κ1) is 14.2. The summed E-state index contributed by atoms with van der Waals surface area (Å²) in [5.41, 5.74) is 1.92. The van der Waals surface area contributed by atoms with Crippen LogP contribution >= 0.6 is 0 Å². The van der Waals surface area contributed by atoms with Gasteiger partial charge in [0.1, 0.15) is 5.82 Å². The van der Waals surface area contributed by atoms with Gasteiger partial charge in [-0.2, -0.15) is 0 Å². The molecule has 0 N–H and O–H groups in total. The third-order valence-electron chi connectivity index (χ3n) is 3.17. The first-order valence-electron chi connectivity index (χ1n) is 6.90. The molecule has 2 aliphatic rings. The Hall–Kier alpha value is -2.23. The number of aryl methyl sites for hydroxylation is 1. The molecule has 0 atom stereocenters. The van der Waals surface area contributed by atoms with Gasteiger partial charge in [0.05, 0.1) is 0 Å². The SMILES string of the molecule is CC.Cc1cccc(N2C(=O)C3=C(CCC=C3)C2=O)n1. The van der Waals surface area contributed by atoms with E-state index in [-0.39, 0.29) is 11.8 Å². The van der Waals surface area contributed by atoms with Crippen LogP contribution in [0.4, 0.5) is 5.82 Å². The predicted molar refractivity (Wildman–Crippen MR) is 78.2 cm³/mol. The maximum atomic E-state index is 12.2. The molecule has 0 aromatic carbocycles. The highest BCUT2D eigenvalue weighted by Gasteiger charge is 2.38. The molecule has 0 radical (unpaired) electrons. The van der Waals surface area contributed by atoms with E-state index in [0.29, 0.717) is 23.4 Å². The van der Waals surface area contributed by atoms with Crippen molar-refractivity contribution >= 4 is 17.6 Å². The van der Waals surface area contributed by atoms with Gasteiger partial charge in [0.2, 0.25) is 0 Å². The van der Waals surface area contributed by atoms with Gasteiger partial charge in [-0.05, 0) is 31.9 Å². The highest BCUT2D eigenvalue weighted by molar-refractivity contribution is 6.33. The highest BCUT2D eigenvalue weighted by Crippen LogP contribution is 2.31. The molecule has 1 aromatic heterocycles. The van der Waals surface area contributed by atoms with Crippen LogP contribution in [-0.4, -0.2) is 16.8 Å². The molecule has 0 spiro atoms. The minimum absolute atomic E-state index is 0.225. The second kappa shape index (κ2) is 5.82. The van der Waals surface area contributed by atoms with E-state index < -0.39 is 0 Å². The van der Waals surface area contributed by atoms with Gasteiger partial charge >= 0.3 is 0 Å². The van der Waals surface area contributed by atoms with E-state index in [9.17, 15) is 9.59 Å². The van der Waals surface area contributed by atoms with Crippen molar-refractivity contribution in [3.63, 3.8) is 0 Å². The van der Waals surface area contributed by atoms with Gasteiger partial charge in [0, 0.05) is 16.8 Å². The molecular weight excluding hydrogens is 252 g/mol. The Kier molecular flexibility index (Phi) is 4.13. The summed E-state index contributed by atoms with van der Waals surface area (Å²) in [6.07, 6.45) is 5.12. The van der Waals surface area contributed by atoms with Crippen molar-refractivity contribution < 1.29 is 9.59 Å². The second-order valence-corrected chi connectivity index (χ2v) is 4.42. The lowest BCUT2D eigenvalue weighted by molar-refractivity contribution is -0.120. The normalized spacial score (nSPS) is 17.1. The summed E-state index contributed by atoms with van der Waals surface area (Å²) in [5, 5.41) is 0. The van der Waals surface area contributed by atoms with Crippen LogP contribution in [0.2, 0.25) is 0 Å². The second-order valence-electron chi connectivity index (χ2n) is 4.42. The summed E-state index contributed by atoms with van der Waals surface area (Å²) < 4.78 is 0. The van der Waals surface area contributed by atoms with Crippen molar-refractivity contribution in [2.75, 3.05) is 4.90 Å². The summed E-state index contributed by atoms with van der Waals surface area (Å²) in [7, 11) is 0. The number of hydrogen-bond donors (Lipinski definition) is 0. The Bertz CT molecular complexity index is 615. The third kappa shape index (κ3) is 2.29. The van der Waals surface area contributed by atoms with Crippen LogP contribution in [0.3, 0.4) is 0 Å². The van der Waals surface area contributed by atoms with Crippen molar-refractivity contribution in [1.29, 1.82) is 0 Å². The van der Waals surface area contributed by atoms with E-state index >= 15 is 0 Å². The molecule has 20 heavy (non-hydrogen) atoms. The van der Waals surface area contributed by atoms with Gasteiger partial charge in [-0.15, -0.1) is 0 Å². The highest BCUT2D eigenvalue weighted by atomic mass is 16.2. The van der Waals surface area contributed by atoms with Gasteiger partial charge < -0.3 is 0 Å². The van der Waals surface area contributed by atoms with Crippen LogP contribution in [0.15, 0.2) is 41.5 Å². The van der Waals surface area contributed by atoms with Gasteiger partial charge in [-0.1, -0.05) is 32.1 Å². The molecule has 4 heteroatoms. The molecular formula is C16H18N2O2. The number of imide groups is 1. The van der Waals surface area contributed by atoms with Crippen LogP contribution in [0, 0.1) is 6.92 Å². The predicted octanol–water partition coefficient (Wildman–Crippen LogP) is 2.94. The number of hydrogen-bond acceptors (Lipinski definition) is 3. The molecule has 1 aliphatic carbocycles. The van der Waals surface area contributed by atoms with Crippen LogP contribution < -0.4 is 4.90 Å². The molecule has 4 nitrogen and oxygen atoms in total. The monoisotopic (exact) mass is 270 g/mol. The van der Waals surface area contributed by atoms with Gasteiger partial charge in [-0.25, -0.2) is 9.88 Å². The smallest absolute Gasteiger partial charge is 0.267 e. The lowest BCUT2D eigenvalue weighted by Crippen LogP contribution is -2.32. The minimum Gasteiger partial charge on any atom is -0.268 e. The van der Waals surface area contributed by atoms with Crippen LogP contribution in [0.1, 0.15) is 32.4 Å². The maximum Gasteiger partial charge on any atom is 0.267 e. The molecule has 2 amide bonds. The topological polar surface area (TPSA) is 50.3 Å². The number of amides is 2. The number of carbonyl (C=O) groups excluding carboxylic acids is 2. The number of anilines is 1. The summed E-state index contributed by atoms with van der Waals surface area (Å²) in [5.74, 6) is -0.0747. The number of nitrogens with zero attached hydrogens (tertiary/aromatic N) is 2. The number of aromatic nitrogens is 1. The van der Waals surface area contributed by atoms with E-state index in [0.717, 1.165) is 12.1 Å². The lowest BCUT2D eigenvalue weighted by Gasteiger charge is -2.13. The summed E-state index contributed by atoms with van der Waals surface area (Å²) in [6.45, 7) is 5.84. The van der Waals surface area contributed by atoms with Crippen molar-refractivity contribution in [1.82, 2.24) is 4.98 Å². The van der Waals surface area contributed by atoms with Gasteiger partial charge in [-0.3, -0.25) is 9.59 Å². The zero-order valence-electron chi connectivity index (χ0n) is 12.0. The fraction of sp³-hybridized carbons (Fsp3) is 0.312. The number of pyridine rings is 1. The molecule has 0 saturated heterocycles. The Morgan fingerprint density at radius 2 is 1.90 bits per heavy atom. The fourth-order valence-corrected chi connectivity index (χ4v) is 2.30. The van der Waals surface area contributed by atoms with Crippen molar-refractivity contribution in [3.8, 4) is 0 Å². The van der Waals surface area contributed by atoms with Crippen molar-refractivity contribution in [2.45, 2.75) is 33.6 Å². The van der Waals surface area contributed by atoms with E-state index in [1.807, 2.05) is 32.9 Å². The first-order valence-corrected chi connectivity index (χ1v) is 6.90. The molecule has 3 rings (SSSR count). The Balaban J connectivity index is 0.000000704. The Morgan fingerprint density at radius 1 is 1.15 bits per heavy atom. The zero-order valence-corrected chi connectivity index (χ0v) is 12.0. The molecule has 2 heterocycles. The van der Waals surface area contributed by atoms with E-state index in [1.54, 1.807) is 18.2 Å².